The number of para-hydroxylation sites is 1. The summed E-state index contributed by atoms with van der Waals surface area (Å²) in [5.41, 5.74) is -0.597. The van der Waals surface area contributed by atoms with E-state index in [0.717, 1.165) is 4.90 Å². The number of benzene rings is 1. The number of anilines is 1. The summed E-state index contributed by atoms with van der Waals surface area (Å²) in [4.78, 5) is 51.2. The highest BCUT2D eigenvalue weighted by Gasteiger charge is 2.64. The molecule has 1 aliphatic heterocycles. The number of amides is 3. The number of carbonyl (C=O) groups is 4. The van der Waals surface area contributed by atoms with Crippen molar-refractivity contribution in [3.05, 3.63) is 29.8 Å². The van der Waals surface area contributed by atoms with Gasteiger partial charge in [-0.15, -0.1) is 0 Å². The van der Waals surface area contributed by atoms with E-state index in [9.17, 15) is 19.2 Å². The lowest BCUT2D eigenvalue weighted by Crippen LogP contribution is -2.60. The van der Waals surface area contributed by atoms with Gasteiger partial charge in [-0.3, -0.25) is 19.3 Å². The Hall–Kier alpha value is -2.70. The minimum absolute atomic E-state index is 0.206. The van der Waals surface area contributed by atoms with Crippen LogP contribution in [0.5, 0.6) is 0 Å². The summed E-state index contributed by atoms with van der Waals surface area (Å²) in [5.74, 6) is -1.98. The molecule has 1 N–H and O–H groups in total. The summed E-state index contributed by atoms with van der Waals surface area (Å²) < 4.78 is 4.71. The van der Waals surface area contributed by atoms with Gasteiger partial charge in [0.1, 0.15) is 6.54 Å². The lowest BCUT2D eigenvalue weighted by Gasteiger charge is -2.47. The van der Waals surface area contributed by atoms with Gasteiger partial charge >= 0.3 is 5.97 Å². The molecule has 7 heteroatoms. The number of imide groups is 1. The van der Waals surface area contributed by atoms with E-state index in [-0.39, 0.29) is 35.5 Å². The standard InChI is InChI=1S/C20H24N2O5/c1-19(2)13-9-10-20(19,3)18(26)22(16(13)24)11-15(23)21-14-8-6-5-7-12(14)17(25)27-4/h5-8,13H,9-11H2,1-4H3,(H,21,23)/t13-,20-/m1/s1. The summed E-state index contributed by atoms with van der Waals surface area (Å²) in [5, 5.41) is 2.61. The number of carbonyl (C=O) groups excluding carboxylic acids is 4. The van der Waals surface area contributed by atoms with Crippen molar-refractivity contribution in [1.82, 2.24) is 4.90 Å². The van der Waals surface area contributed by atoms with Crippen molar-refractivity contribution in [3.63, 3.8) is 0 Å². The molecule has 1 aliphatic carbocycles. The van der Waals surface area contributed by atoms with E-state index in [2.05, 4.69) is 5.32 Å². The van der Waals surface area contributed by atoms with E-state index < -0.39 is 22.7 Å². The van der Waals surface area contributed by atoms with E-state index >= 15 is 0 Å². The van der Waals surface area contributed by atoms with Crippen LogP contribution >= 0.6 is 0 Å². The number of hydrogen-bond acceptors (Lipinski definition) is 5. The number of rotatable bonds is 4. The van der Waals surface area contributed by atoms with Gasteiger partial charge in [0.05, 0.1) is 23.8 Å². The fourth-order valence-electron chi connectivity index (χ4n) is 4.26. The fourth-order valence-corrected chi connectivity index (χ4v) is 4.26. The zero-order valence-electron chi connectivity index (χ0n) is 16.0. The lowest BCUT2D eigenvalue weighted by atomic mass is 9.62. The van der Waals surface area contributed by atoms with Gasteiger partial charge in [0.15, 0.2) is 0 Å². The number of piperidine rings is 1. The largest absolute Gasteiger partial charge is 0.465 e. The summed E-state index contributed by atoms with van der Waals surface area (Å²) in [6, 6.07) is 6.42. The van der Waals surface area contributed by atoms with Gasteiger partial charge in [0, 0.05) is 5.92 Å². The molecule has 1 saturated carbocycles. The molecule has 1 aromatic carbocycles. The Bertz CT molecular complexity index is 831. The third kappa shape index (κ3) is 2.81. The fraction of sp³-hybridized carbons (Fsp3) is 0.500. The maximum Gasteiger partial charge on any atom is 0.339 e. The Balaban J connectivity index is 1.79. The topological polar surface area (TPSA) is 92.8 Å². The normalized spacial score (nSPS) is 26.1. The van der Waals surface area contributed by atoms with Crippen LogP contribution in [0.3, 0.4) is 0 Å². The van der Waals surface area contributed by atoms with Gasteiger partial charge in [0.2, 0.25) is 17.7 Å². The molecule has 0 aromatic heterocycles. The number of likely N-dealkylation sites (tertiary alicyclic amines) is 1. The van der Waals surface area contributed by atoms with E-state index in [1.807, 2.05) is 20.8 Å². The van der Waals surface area contributed by atoms with Crippen LogP contribution in [0, 0.1) is 16.7 Å². The molecule has 0 spiro atoms. The van der Waals surface area contributed by atoms with Crippen LogP contribution in [0.15, 0.2) is 24.3 Å². The van der Waals surface area contributed by atoms with Gasteiger partial charge in [-0.05, 0) is 30.4 Å². The second kappa shape index (κ2) is 6.48. The molecule has 0 unspecified atom stereocenters. The Morgan fingerprint density at radius 3 is 2.56 bits per heavy atom. The summed E-state index contributed by atoms with van der Waals surface area (Å²) in [6.45, 7) is 5.41. The number of ether oxygens (including phenoxy) is 1. The van der Waals surface area contributed by atoms with Crippen molar-refractivity contribution in [2.24, 2.45) is 16.7 Å². The second-order valence-corrected chi connectivity index (χ2v) is 7.96. The molecule has 2 fully saturated rings. The molecule has 27 heavy (non-hydrogen) atoms. The molecule has 1 heterocycles. The van der Waals surface area contributed by atoms with Crippen molar-refractivity contribution >= 4 is 29.4 Å². The van der Waals surface area contributed by atoms with E-state index in [0.29, 0.717) is 12.8 Å². The van der Waals surface area contributed by atoms with Crippen LogP contribution in [-0.4, -0.2) is 42.2 Å². The van der Waals surface area contributed by atoms with Gasteiger partial charge < -0.3 is 10.1 Å². The summed E-state index contributed by atoms with van der Waals surface area (Å²) >= 11 is 0. The Kier molecular flexibility index (Phi) is 4.57. The van der Waals surface area contributed by atoms with Crippen molar-refractivity contribution < 1.29 is 23.9 Å². The molecule has 144 valence electrons. The maximum absolute atomic E-state index is 13.0. The predicted octanol–water partition coefficient (Wildman–Crippen LogP) is 2.22. The molecule has 1 saturated heterocycles. The highest BCUT2D eigenvalue weighted by Crippen LogP contribution is 2.59. The van der Waals surface area contributed by atoms with Crippen LogP contribution < -0.4 is 5.32 Å². The van der Waals surface area contributed by atoms with Gasteiger partial charge in [-0.25, -0.2) is 4.79 Å². The van der Waals surface area contributed by atoms with E-state index in [4.69, 9.17) is 4.74 Å². The average Bonchev–Trinajstić information content (AvgIpc) is 2.82. The minimum Gasteiger partial charge on any atom is -0.465 e. The number of hydrogen-bond donors (Lipinski definition) is 1. The first-order chi connectivity index (χ1) is 12.6. The Morgan fingerprint density at radius 1 is 1.22 bits per heavy atom. The third-order valence-electron chi connectivity index (χ3n) is 6.42. The van der Waals surface area contributed by atoms with E-state index in [1.165, 1.54) is 13.2 Å². The van der Waals surface area contributed by atoms with Gasteiger partial charge in [-0.2, -0.15) is 0 Å². The molecule has 3 amide bonds. The second-order valence-electron chi connectivity index (χ2n) is 7.96. The molecule has 2 atom stereocenters. The zero-order chi connectivity index (χ0) is 20.0. The number of esters is 1. The summed E-state index contributed by atoms with van der Waals surface area (Å²) in [6.07, 6.45) is 1.29. The van der Waals surface area contributed by atoms with Gasteiger partial charge in [-0.1, -0.05) is 32.9 Å². The summed E-state index contributed by atoms with van der Waals surface area (Å²) in [7, 11) is 1.25. The SMILES string of the molecule is COC(=O)c1ccccc1NC(=O)CN1C(=O)[C@H]2CC[C@](C)(C1=O)C2(C)C. The van der Waals surface area contributed by atoms with Crippen molar-refractivity contribution in [1.29, 1.82) is 0 Å². The quantitative estimate of drug-likeness (QED) is 0.646. The van der Waals surface area contributed by atoms with Crippen molar-refractivity contribution in [2.45, 2.75) is 33.6 Å². The van der Waals surface area contributed by atoms with Crippen LogP contribution in [0.25, 0.3) is 0 Å². The highest BCUT2D eigenvalue weighted by atomic mass is 16.5. The first kappa shape index (κ1) is 19.1. The third-order valence-corrected chi connectivity index (χ3v) is 6.42. The van der Waals surface area contributed by atoms with Crippen molar-refractivity contribution in [2.75, 3.05) is 19.0 Å². The molecule has 1 aromatic rings. The van der Waals surface area contributed by atoms with Crippen LogP contribution in [0.2, 0.25) is 0 Å². The number of nitrogens with one attached hydrogen (secondary N) is 1. The smallest absolute Gasteiger partial charge is 0.339 e. The molecular formula is C20H24N2O5. The predicted molar refractivity (Wildman–Crippen MR) is 97.7 cm³/mol. The minimum atomic E-state index is -0.657. The van der Waals surface area contributed by atoms with Crippen molar-refractivity contribution in [3.8, 4) is 0 Å². The van der Waals surface area contributed by atoms with Crippen LogP contribution in [0.4, 0.5) is 5.69 Å². The molecule has 2 bridgehead atoms. The number of fused-ring (bicyclic) bond motifs is 2. The van der Waals surface area contributed by atoms with E-state index in [1.54, 1.807) is 18.2 Å². The number of nitrogens with zero attached hydrogens (tertiary/aromatic N) is 1. The maximum atomic E-state index is 13.0. The molecule has 0 radical (unpaired) electrons. The Labute approximate surface area is 158 Å². The molecule has 2 aliphatic rings. The molecular weight excluding hydrogens is 348 g/mol. The molecule has 7 nitrogen and oxygen atoms in total. The van der Waals surface area contributed by atoms with Crippen LogP contribution in [0.1, 0.15) is 44.0 Å². The monoisotopic (exact) mass is 372 g/mol. The average molecular weight is 372 g/mol. The van der Waals surface area contributed by atoms with Gasteiger partial charge in [0.25, 0.3) is 0 Å². The first-order valence-corrected chi connectivity index (χ1v) is 8.96. The zero-order valence-corrected chi connectivity index (χ0v) is 16.0. The Morgan fingerprint density at radius 2 is 1.89 bits per heavy atom. The van der Waals surface area contributed by atoms with Crippen LogP contribution in [-0.2, 0) is 19.1 Å². The molecule has 3 rings (SSSR count). The first-order valence-electron chi connectivity index (χ1n) is 8.96. The highest BCUT2D eigenvalue weighted by molar-refractivity contribution is 6.08. The number of methoxy groups -OCH3 is 1. The lowest BCUT2D eigenvalue weighted by molar-refractivity contribution is -0.168.